The van der Waals surface area contributed by atoms with Crippen molar-refractivity contribution >= 4 is 5.91 Å². The summed E-state index contributed by atoms with van der Waals surface area (Å²) in [5.41, 5.74) is -0.0953. The van der Waals surface area contributed by atoms with E-state index in [1.165, 1.54) is 12.8 Å². The van der Waals surface area contributed by atoms with Gasteiger partial charge in [-0.25, -0.2) is 0 Å². The summed E-state index contributed by atoms with van der Waals surface area (Å²) in [7, 11) is 0. The van der Waals surface area contributed by atoms with Gasteiger partial charge in [-0.2, -0.15) is 0 Å². The molecule has 3 heteroatoms. The number of carbonyl (C=O) groups is 1. The number of piperidine rings is 1. The van der Waals surface area contributed by atoms with Crippen LogP contribution < -0.4 is 10.6 Å². The lowest BCUT2D eigenvalue weighted by molar-refractivity contribution is -0.122. The van der Waals surface area contributed by atoms with E-state index >= 15 is 0 Å². The summed E-state index contributed by atoms with van der Waals surface area (Å²) >= 11 is 0. The molecule has 1 atom stereocenters. The van der Waals surface area contributed by atoms with Crippen LogP contribution in [-0.2, 0) is 4.79 Å². The highest BCUT2D eigenvalue weighted by Gasteiger charge is 2.17. The number of rotatable bonds is 3. The van der Waals surface area contributed by atoms with Crippen LogP contribution in [0.1, 0.15) is 46.5 Å². The fraction of sp³-hybridized carbons (Fsp3) is 0.917. The molecule has 0 saturated carbocycles. The van der Waals surface area contributed by atoms with Crippen LogP contribution >= 0.6 is 0 Å². The largest absolute Gasteiger partial charge is 0.352 e. The third-order valence-corrected chi connectivity index (χ3v) is 2.69. The van der Waals surface area contributed by atoms with Gasteiger partial charge in [-0.15, -0.1) is 0 Å². The van der Waals surface area contributed by atoms with E-state index < -0.39 is 0 Å². The zero-order chi connectivity index (χ0) is 11.3. The van der Waals surface area contributed by atoms with Gasteiger partial charge in [0.1, 0.15) is 0 Å². The Morgan fingerprint density at radius 3 is 2.73 bits per heavy atom. The quantitative estimate of drug-likeness (QED) is 0.747. The van der Waals surface area contributed by atoms with Crippen molar-refractivity contribution in [3.05, 3.63) is 0 Å². The van der Waals surface area contributed by atoms with E-state index in [-0.39, 0.29) is 11.4 Å². The van der Waals surface area contributed by atoms with Crippen molar-refractivity contribution in [1.82, 2.24) is 10.6 Å². The molecule has 3 nitrogen and oxygen atoms in total. The van der Waals surface area contributed by atoms with Crippen molar-refractivity contribution in [3.63, 3.8) is 0 Å². The van der Waals surface area contributed by atoms with E-state index in [4.69, 9.17) is 0 Å². The lowest BCUT2D eigenvalue weighted by atomic mass is 9.94. The van der Waals surface area contributed by atoms with E-state index in [9.17, 15) is 4.79 Å². The van der Waals surface area contributed by atoms with E-state index in [1.807, 2.05) is 20.8 Å². The van der Waals surface area contributed by atoms with Crippen LogP contribution in [0.2, 0.25) is 0 Å². The highest BCUT2D eigenvalue weighted by molar-refractivity contribution is 5.76. The van der Waals surface area contributed by atoms with E-state index in [1.54, 1.807) is 0 Å². The molecule has 0 radical (unpaired) electrons. The van der Waals surface area contributed by atoms with Crippen LogP contribution in [0, 0.1) is 5.92 Å². The molecule has 15 heavy (non-hydrogen) atoms. The summed E-state index contributed by atoms with van der Waals surface area (Å²) in [6.45, 7) is 8.29. The van der Waals surface area contributed by atoms with Crippen molar-refractivity contribution in [2.45, 2.75) is 52.0 Å². The zero-order valence-corrected chi connectivity index (χ0v) is 10.2. The summed E-state index contributed by atoms with van der Waals surface area (Å²) in [5.74, 6) is 0.887. The molecule has 1 aliphatic rings. The van der Waals surface area contributed by atoms with Gasteiger partial charge in [-0.1, -0.05) is 0 Å². The first-order valence-electron chi connectivity index (χ1n) is 5.99. The minimum atomic E-state index is -0.0953. The highest BCUT2D eigenvalue weighted by Crippen LogP contribution is 2.15. The molecule has 1 aliphatic heterocycles. The van der Waals surface area contributed by atoms with Crippen molar-refractivity contribution in [2.24, 2.45) is 5.92 Å². The predicted octanol–water partition coefficient (Wildman–Crippen LogP) is 1.68. The number of hydrogen-bond acceptors (Lipinski definition) is 2. The van der Waals surface area contributed by atoms with Gasteiger partial charge < -0.3 is 10.6 Å². The predicted molar refractivity (Wildman–Crippen MR) is 62.7 cm³/mol. The van der Waals surface area contributed by atoms with Crippen LogP contribution in [0.25, 0.3) is 0 Å². The van der Waals surface area contributed by atoms with Crippen LogP contribution in [0.15, 0.2) is 0 Å². The SMILES string of the molecule is CC(C)(C)NC(=O)CCC1CCCNC1. The van der Waals surface area contributed by atoms with Crippen molar-refractivity contribution in [1.29, 1.82) is 0 Å². The molecule has 1 amide bonds. The van der Waals surface area contributed by atoms with Gasteiger partial charge in [-0.05, 0) is 59.0 Å². The summed E-state index contributed by atoms with van der Waals surface area (Å²) in [5, 5.41) is 6.37. The number of hydrogen-bond donors (Lipinski definition) is 2. The second-order valence-corrected chi connectivity index (χ2v) is 5.55. The molecular formula is C12H24N2O. The highest BCUT2D eigenvalue weighted by atomic mass is 16.1. The molecule has 1 rings (SSSR count). The van der Waals surface area contributed by atoms with Gasteiger partial charge in [0, 0.05) is 12.0 Å². The molecule has 1 saturated heterocycles. The maximum Gasteiger partial charge on any atom is 0.220 e. The summed E-state index contributed by atoms with van der Waals surface area (Å²) < 4.78 is 0. The lowest BCUT2D eigenvalue weighted by Gasteiger charge is -2.24. The molecule has 2 N–H and O–H groups in total. The monoisotopic (exact) mass is 212 g/mol. The van der Waals surface area contributed by atoms with Gasteiger partial charge in [0.25, 0.3) is 0 Å². The van der Waals surface area contributed by atoms with Crippen molar-refractivity contribution < 1.29 is 4.79 Å². The normalized spacial score (nSPS) is 22.5. The molecule has 0 spiro atoms. The van der Waals surface area contributed by atoms with E-state index in [0.29, 0.717) is 12.3 Å². The maximum atomic E-state index is 11.6. The Hall–Kier alpha value is -0.570. The average Bonchev–Trinajstić information content (AvgIpc) is 2.14. The Morgan fingerprint density at radius 1 is 1.47 bits per heavy atom. The zero-order valence-electron chi connectivity index (χ0n) is 10.2. The topological polar surface area (TPSA) is 41.1 Å². The second-order valence-electron chi connectivity index (χ2n) is 5.55. The van der Waals surface area contributed by atoms with Gasteiger partial charge >= 0.3 is 0 Å². The number of amides is 1. The summed E-state index contributed by atoms with van der Waals surface area (Å²) in [6, 6.07) is 0. The molecule has 0 aromatic rings. The molecule has 1 heterocycles. The Labute approximate surface area is 93.0 Å². The fourth-order valence-corrected chi connectivity index (χ4v) is 1.99. The standard InChI is InChI=1S/C12H24N2O/c1-12(2,3)14-11(15)7-6-10-5-4-8-13-9-10/h10,13H,4-9H2,1-3H3,(H,14,15). The third kappa shape index (κ3) is 5.78. The van der Waals surface area contributed by atoms with E-state index in [0.717, 1.165) is 19.5 Å². The molecular weight excluding hydrogens is 188 g/mol. The number of carbonyl (C=O) groups excluding carboxylic acids is 1. The fourth-order valence-electron chi connectivity index (χ4n) is 1.99. The van der Waals surface area contributed by atoms with E-state index in [2.05, 4.69) is 10.6 Å². The Kier molecular flexibility index (Phi) is 4.58. The molecule has 88 valence electrons. The van der Waals surface area contributed by atoms with Crippen LogP contribution in [0.5, 0.6) is 0 Å². The van der Waals surface area contributed by atoms with Crippen molar-refractivity contribution in [3.8, 4) is 0 Å². The molecule has 0 aromatic carbocycles. The lowest BCUT2D eigenvalue weighted by Crippen LogP contribution is -2.41. The Bertz CT molecular complexity index is 202. The maximum absolute atomic E-state index is 11.6. The Morgan fingerprint density at radius 2 is 2.20 bits per heavy atom. The average molecular weight is 212 g/mol. The van der Waals surface area contributed by atoms with Gasteiger partial charge in [0.15, 0.2) is 0 Å². The molecule has 0 aliphatic carbocycles. The van der Waals surface area contributed by atoms with Gasteiger partial charge in [-0.3, -0.25) is 4.79 Å². The summed E-state index contributed by atoms with van der Waals surface area (Å²) in [4.78, 5) is 11.6. The third-order valence-electron chi connectivity index (χ3n) is 2.69. The second kappa shape index (κ2) is 5.50. The van der Waals surface area contributed by atoms with Crippen LogP contribution in [-0.4, -0.2) is 24.5 Å². The minimum Gasteiger partial charge on any atom is -0.352 e. The van der Waals surface area contributed by atoms with Gasteiger partial charge in [0.2, 0.25) is 5.91 Å². The molecule has 0 aromatic heterocycles. The smallest absolute Gasteiger partial charge is 0.220 e. The molecule has 1 unspecified atom stereocenters. The minimum absolute atomic E-state index is 0.0953. The first-order chi connectivity index (χ1) is 6.97. The van der Waals surface area contributed by atoms with Crippen molar-refractivity contribution in [2.75, 3.05) is 13.1 Å². The Balaban J connectivity index is 2.15. The first-order valence-corrected chi connectivity index (χ1v) is 5.99. The van der Waals surface area contributed by atoms with Gasteiger partial charge in [0.05, 0.1) is 0 Å². The van der Waals surface area contributed by atoms with Crippen LogP contribution in [0.4, 0.5) is 0 Å². The first kappa shape index (κ1) is 12.5. The molecule has 1 fully saturated rings. The van der Waals surface area contributed by atoms with Crippen LogP contribution in [0.3, 0.4) is 0 Å². The number of nitrogens with one attached hydrogen (secondary N) is 2. The summed E-state index contributed by atoms with van der Waals surface area (Å²) in [6.07, 6.45) is 4.22. The molecule has 0 bridgehead atoms.